The highest BCUT2D eigenvalue weighted by Gasteiger charge is 2.37. The van der Waals surface area contributed by atoms with E-state index >= 15 is 0 Å². The highest BCUT2D eigenvalue weighted by Crippen LogP contribution is 2.37. The lowest BCUT2D eigenvalue weighted by atomic mass is 9.76. The van der Waals surface area contributed by atoms with Gasteiger partial charge in [0.05, 0.1) is 22.6 Å². The van der Waals surface area contributed by atoms with E-state index in [0.717, 1.165) is 17.2 Å². The number of benzene rings is 4. The number of rotatable bonds is 15. The molecule has 4 rings (SSSR count). The minimum absolute atomic E-state index is 0.0261. The first kappa shape index (κ1) is 34.1. The smallest absolute Gasteiger partial charge is 0.417 e. The van der Waals surface area contributed by atoms with E-state index in [1.165, 1.54) is 6.07 Å². The molecule has 0 bridgehead atoms. The molecule has 8 heteroatoms. The van der Waals surface area contributed by atoms with Crippen LogP contribution in [0.1, 0.15) is 66.8 Å². The maximum absolute atomic E-state index is 13.7. The lowest BCUT2D eigenvalue weighted by molar-refractivity contribution is -0.144. The second-order valence-electron chi connectivity index (χ2n) is 11.2. The molecule has 0 saturated carbocycles. The standard InChI is InChI=1S/C37H39ClF3NO3/c1-3-36(4-2,35(43)44)30-19-12-20-31(24-30)45-23-13-22-42(25-29-18-11-21-33(34(29)38)37(39,40)41)26-32(27-14-7-5-8-15-27)28-16-9-6-10-17-28/h5-12,14-21,24,32H,3-4,13,22-23,25-26H2,1-2H3,(H,43,44). The average Bonchev–Trinajstić information content (AvgIpc) is 3.04. The maximum atomic E-state index is 13.7. The highest BCUT2D eigenvalue weighted by molar-refractivity contribution is 6.32. The first-order valence-electron chi connectivity index (χ1n) is 15.2. The van der Waals surface area contributed by atoms with Crippen LogP contribution in [0.3, 0.4) is 0 Å². The number of hydrogen-bond acceptors (Lipinski definition) is 3. The Morgan fingerprint density at radius 1 is 0.867 bits per heavy atom. The fourth-order valence-corrected chi connectivity index (χ4v) is 6.17. The van der Waals surface area contributed by atoms with Gasteiger partial charge < -0.3 is 9.84 Å². The molecule has 0 amide bonds. The van der Waals surface area contributed by atoms with Crippen molar-refractivity contribution in [2.24, 2.45) is 0 Å². The first-order valence-corrected chi connectivity index (χ1v) is 15.6. The second kappa shape index (κ2) is 15.5. The molecular weight excluding hydrogens is 599 g/mol. The predicted octanol–water partition coefficient (Wildman–Crippen LogP) is 9.60. The van der Waals surface area contributed by atoms with Crippen molar-refractivity contribution in [1.29, 1.82) is 0 Å². The second-order valence-corrected chi connectivity index (χ2v) is 11.6. The van der Waals surface area contributed by atoms with Crippen LogP contribution in [0.5, 0.6) is 5.75 Å². The van der Waals surface area contributed by atoms with Gasteiger partial charge in [-0.15, -0.1) is 0 Å². The average molecular weight is 638 g/mol. The van der Waals surface area contributed by atoms with Gasteiger partial charge in [-0.05, 0) is 59.7 Å². The largest absolute Gasteiger partial charge is 0.494 e. The van der Waals surface area contributed by atoms with Gasteiger partial charge in [-0.3, -0.25) is 9.69 Å². The topological polar surface area (TPSA) is 49.8 Å². The van der Waals surface area contributed by atoms with Gasteiger partial charge in [0.25, 0.3) is 0 Å². The molecule has 0 spiro atoms. The number of carboxylic acid groups (broad SMARTS) is 1. The molecule has 0 fully saturated rings. The molecule has 4 aromatic rings. The third kappa shape index (κ3) is 8.47. The number of alkyl halides is 3. The molecule has 45 heavy (non-hydrogen) atoms. The van der Waals surface area contributed by atoms with Gasteiger partial charge in [0.2, 0.25) is 0 Å². The van der Waals surface area contributed by atoms with Crippen molar-refractivity contribution in [3.8, 4) is 5.75 Å². The number of halogens is 4. The van der Waals surface area contributed by atoms with Gasteiger partial charge in [-0.1, -0.05) is 110 Å². The van der Waals surface area contributed by atoms with Crippen molar-refractivity contribution in [3.63, 3.8) is 0 Å². The third-order valence-electron chi connectivity index (χ3n) is 8.51. The van der Waals surface area contributed by atoms with Crippen LogP contribution >= 0.6 is 11.6 Å². The summed E-state index contributed by atoms with van der Waals surface area (Å²) in [7, 11) is 0. The summed E-state index contributed by atoms with van der Waals surface area (Å²) < 4.78 is 47.1. The molecular formula is C37H39ClF3NO3. The minimum atomic E-state index is -4.55. The molecule has 0 aliphatic carbocycles. The minimum Gasteiger partial charge on any atom is -0.494 e. The number of hydrogen-bond donors (Lipinski definition) is 1. The summed E-state index contributed by atoms with van der Waals surface area (Å²) >= 11 is 6.33. The van der Waals surface area contributed by atoms with Crippen molar-refractivity contribution in [3.05, 3.63) is 136 Å². The monoisotopic (exact) mass is 637 g/mol. The number of ether oxygens (including phenoxy) is 1. The van der Waals surface area contributed by atoms with Gasteiger partial charge >= 0.3 is 12.1 Å². The Balaban J connectivity index is 1.56. The van der Waals surface area contributed by atoms with Crippen molar-refractivity contribution in [1.82, 2.24) is 4.90 Å². The Bertz CT molecular complexity index is 1490. The molecule has 4 aromatic carbocycles. The summed E-state index contributed by atoms with van der Waals surface area (Å²) in [6.07, 6.45) is -3.05. The Morgan fingerprint density at radius 3 is 2.02 bits per heavy atom. The summed E-state index contributed by atoms with van der Waals surface area (Å²) in [5.41, 5.74) is 1.49. The Morgan fingerprint density at radius 2 is 1.47 bits per heavy atom. The van der Waals surface area contributed by atoms with Crippen LogP contribution in [0.15, 0.2) is 103 Å². The Hall–Kier alpha value is -3.81. The van der Waals surface area contributed by atoms with Crippen LogP contribution in [-0.2, 0) is 22.9 Å². The SMILES string of the molecule is CCC(CC)(C(=O)O)c1cccc(OCCCN(Cc2cccc(C(F)(F)F)c2Cl)CC(c2ccccc2)c2ccccc2)c1. The van der Waals surface area contributed by atoms with Crippen LogP contribution in [-0.4, -0.2) is 35.7 Å². The van der Waals surface area contributed by atoms with Crippen LogP contribution in [0, 0.1) is 0 Å². The Kier molecular flexibility index (Phi) is 11.7. The molecule has 0 radical (unpaired) electrons. The summed E-state index contributed by atoms with van der Waals surface area (Å²) in [6.45, 7) is 5.39. The van der Waals surface area contributed by atoms with Crippen molar-refractivity contribution >= 4 is 17.6 Å². The number of aliphatic carboxylic acids is 1. The normalized spacial score (nSPS) is 12.1. The van der Waals surface area contributed by atoms with E-state index in [1.54, 1.807) is 18.2 Å². The zero-order chi connectivity index (χ0) is 32.5. The summed E-state index contributed by atoms with van der Waals surface area (Å²) in [4.78, 5) is 14.3. The maximum Gasteiger partial charge on any atom is 0.417 e. The lowest BCUT2D eigenvalue weighted by Gasteiger charge is -2.29. The van der Waals surface area contributed by atoms with Crippen LogP contribution in [0.4, 0.5) is 13.2 Å². The molecule has 0 heterocycles. The van der Waals surface area contributed by atoms with Gasteiger partial charge in [0, 0.05) is 25.6 Å². The van der Waals surface area contributed by atoms with Gasteiger partial charge in [-0.2, -0.15) is 13.2 Å². The van der Waals surface area contributed by atoms with Crippen LogP contribution < -0.4 is 4.74 Å². The van der Waals surface area contributed by atoms with E-state index in [0.29, 0.717) is 55.8 Å². The van der Waals surface area contributed by atoms with E-state index in [2.05, 4.69) is 29.2 Å². The van der Waals surface area contributed by atoms with E-state index in [4.69, 9.17) is 16.3 Å². The number of nitrogens with zero attached hydrogens (tertiary/aromatic N) is 1. The van der Waals surface area contributed by atoms with E-state index < -0.39 is 23.1 Å². The molecule has 0 atom stereocenters. The lowest BCUT2D eigenvalue weighted by Crippen LogP contribution is -2.34. The van der Waals surface area contributed by atoms with E-state index in [-0.39, 0.29) is 17.5 Å². The molecule has 0 aromatic heterocycles. The number of carboxylic acids is 1. The Labute approximate surface area is 268 Å². The molecule has 0 unspecified atom stereocenters. The zero-order valence-electron chi connectivity index (χ0n) is 25.6. The fraction of sp³-hybridized carbons (Fsp3) is 0.324. The van der Waals surface area contributed by atoms with Gasteiger partial charge in [0.15, 0.2) is 0 Å². The summed E-state index contributed by atoms with van der Waals surface area (Å²) in [6, 6.07) is 31.4. The summed E-state index contributed by atoms with van der Waals surface area (Å²) in [5.74, 6) is -0.305. The van der Waals surface area contributed by atoms with Crippen molar-refractivity contribution in [2.45, 2.75) is 57.2 Å². The fourth-order valence-electron chi connectivity index (χ4n) is 5.87. The number of carbonyl (C=O) groups is 1. The van der Waals surface area contributed by atoms with Crippen molar-refractivity contribution < 1.29 is 27.8 Å². The molecule has 238 valence electrons. The first-order chi connectivity index (χ1) is 21.6. The zero-order valence-corrected chi connectivity index (χ0v) is 26.3. The van der Waals surface area contributed by atoms with Gasteiger partial charge in [-0.25, -0.2) is 0 Å². The third-order valence-corrected chi connectivity index (χ3v) is 8.96. The molecule has 0 aliphatic heterocycles. The molecule has 1 N–H and O–H groups in total. The van der Waals surface area contributed by atoms with Crippen molar-refractivity contribution in [2.75, 3.05) is 19.7 Å². The molecule has 0 saturated heterocycles. The van der Waals surface area contributed by atoms with Crippen LogP contribution in [0.2, 0.25) is 5.02 Å². The highest BCUT2D eigenvalue weighted by atomic mass is 35.5. The van der Waals surface area contributed by atoms with E-state index in [9.17, 15) is 23.1 Å². The molecule has 0 aliphatic rings. The van der Waals surface area contributed by atoms with Crippen LogP contribution in [0.25, 0.3) is 0 Å². The predicted molar refractivity (Wildman–Crippen MR) is 173 cm³/mol. The molecule has 4 nitrogen and oxygen atoms in total. The van der Waals surface area contributed by atoms with Gasteiger partial charge in [0.1, 0.15) is 5.75 Å². The summed E-state index contributed by atoms with van der Waals surface area (Å²) in [5, 5.41) is 9.68. The van der Waals surface area contributed by atoms with E-state index in [1.807, 2.05) is 62.4 Å². The quantitative estimate of drug-likeness (QED) is 0.132.